The van der Waals surface area contributed by atoms with Crippen LogP contribution in [0.5, 0.6) is 0 Å². The number of nitriles is 2. The Labute approximate surface area is 124 Å². The van der Waals surface area contributed by atoms with Gasteiger partial charge in [-0.15, -0.1) is 0 Å². The van der Waals surface area contributed by atoms with Crippen LogP contribution in [0.1, 0.15) is 29.9 Å². The van der Waals surface area contributed by atoms with E-state index >= 15 is 0 Å². The average molecular weight is 342 g/mol. The second-order valence-corrected chi connectivity index (χ2v) is 4.97. The van der Waals surface area contributed by atoms with Crippen molar-refractivity contribution in [3.05, 3.63) is 32.8 Å². The smallest absolute Gasteiger partial charge is 0.305 e. The van der Waals surface area contributed by atoms with Gasteiger partial charge in [-0.3, -0.25) is 4.79 Å². The number of carbonyl (C=O) groups excluding carboxylic acids is 1. The molecule has 0 saturated heterocycles. The lowest BCUT2D eigenvalue weighted by Crippen LogP contribution is -2.05. The van der Waals surface area contributed by atoms with Gasteiger partial charge in [0.15, 0.2) is 0 Å². The summed E-state index contributed by atoms with van der Waals surface area (Å²) in [6, 6.07) is 7.42. The molecule has 0 heterocycles. The van der Waals surface area contributed by atoms with Crippen LogP contribution in [0, 0.1) is 22.7 Å². The first-order chi connectivity index (χ1) is 9.04. The summed E-state index contributed by atoms with van der Waals surface area (Å²) < 4.78 is 5.11. The number of halogens is 2. The number of benzene rings is 1. The summed E-state index contributed by atoms with van der Waals surface area (Å²) in [7, 11) is 1.30. The van der Waals surface area contributed by atoms with Crippen molar-refractivity contribution in [1.29, 1.82) is 10.5 Å². The Morgan fingerprint density at radius 2 is 2.21 bits per heavy atom. The number of nitrogens with zero attached hydrogens (tertiary/aromatic N) is 2. The van der Waals surface area contributed by atoms with Gasteiger partial charge in [-0.05, 0) is 34.0 Å². The number of hydrogen-bond donors (Lipinski definition) is 0. The molecule has 0 bridgehead atoms. The summed E-state index contributed by atoms with van der Waals surface area (Å²) in [6.07, 6.45) is 0.429. The Morgan fingerprint density at radius 1 is 1.53 bits per heavy atom. The molecule has 0 spiro atoms. The van der Waals surface area contributed by atoms with Gasteiger partial charge in [-0.25, -0.2) is 0 Å². The van der Waals surface area contributed by atoms with Crippen molar-refractivity contribution in [3.63, 3.8) is 0 Å². The van der Waals surface area contributed by atoms with Crippen molar-refractivity contribution < 1.29 is 9.53 Å². The first-order valence-electron chi connectivity index (χ1n) is 5.39. The normalized spacial score (nSPS) is 11.2. The van der Waals surface area contributed by atoms with Crippen molar-refractivity contribution in [2.24, 2.45) is 0 Å². The molecule has 98 valence electrons. The molecule has 0 radical (unpaired) electrons. The van der Waals surface area contributed by atoms with Gasteiger partial charge in [0.2, 0.25) is 0 Å². The first-order valence-corrected chi connectivity index (χ1v) is 6.56. The van der Waals surface area contributed by atoms with Crippen molar-refractivity contribution in [1.82, 2.24) is 0 Å². The second-order valence-electron chi connectivity index (χ2n) is 3.73. The van der Waals surface area contributed by atoms with Crippen LogP contribution >= 0.6 is 27.5 Å². The van der Waals surface area contributed by atoms with E-state index < -0.39 is 5.92 Å². The topological polar surface area (TPSA) is 73.9 Å². The maximum Gasteiger partial charge on any atom is 0.305 e. The zero-order valence-electron chi connectivity index (χ0n) is 10.1. The zero-order chi connectivity index (χ0) is 14.4. The minimum atomic E-state index is -0.549. The fraction of sp³-hybridized carbons (Fsp3) is 0.308. The summed E-state index contributed by atoms with van der Waals surface area (Å²) >= 11 is 9.34. The highest BCUT2D eigenvalue weighted by atomic mass is 79.9. The van der Waals surface area contributed by atoms with E-state index in [1.54, 1.807) is 12.1 Å². The maximum atomic E-state index is 11.1. The molecular weight excluding hydrogens is 332 g/mol. The molecule has 1 unspecified atom stereocenters. The van der Waals surface area contributed by atoms with Gasteiger partial charge in [0.1, 0.15) is 6.07 Å². The molecule has 1 atom stereocenters. The quantitative estimate of drug-likeness (QED) is 0.785. The van der Waals surface area contributed by atoms with Crippen LogP contribution in [-0.2, 0) is 9.53 Å². The summed E-state index contributed by atoms with van der Waals surface area (Å²) in [5, 5.41) is 18.4. The van der Waals surface area contributed by atoms with Gasteiger partial charge >= 0.3 is 5.97 Å². The molecule has 0 saturated carbocycles. The predicted octanol–water partition coefficient (Wildman–Crippen LogP) is 3.53. The van der Waals surface area contributed by atoms with Crippen molar-refractivity contribution >= 4 is 33.5 Å². The van der Waals surface area contributed by atoms with E-state index in [1.807, 2.05) is 6.07 Å². The number of ether oxygens (including phenoxy) is 1. The Balaban J connectivity index is 3.04. The summed E-state index contributed by atoms with van der Waals surface area (Å²) in [6.45, 7) is 0. The number of esters is 1. The van der Waals surface area contributed by atoms with Crippen LogP contribution in [0.2, 0.25) is 5.02 Å². The molecule has 0 fully saturated rings. The Kier molecular flexibility index (Phi) is 5.82. The second kappa shape index (κ2) is 7.13. The number of rotatable bonds is 4. The number of carbonyl (C=O) groups is 1. The van der Waals surface area contributed by atoms with Gasteiger partial charge < -0.3 is 4.74 Å². The largest absolute Gasteiger partial charge is 0.469 e. The molecule has 0 amide bonds. The van der Waals surface area contributed by atoms with Crippen LogP contribution in [-0.4, -0.2) is 13.1 Å². The lowest BCUT2D eigenvalue weighted by Gasteiger charge is -2.12. The van der Waals surface area contributed by atoms with E-state index in [2.05, 4.69) is 26.7 Å². The lowest BCUT2D eigenvalue weighted by molar-refractivity contribution is -0.140. The van der Waals surface area contributed by atoms with E-state index in [9.17, 15) is 4.79 Å². The van der Waals surface area contributed by atoms with Crippen molar-refractivity contribution in [3.8, 4) is 12.1 Å². The molecule has 0 aliphatic heterocycles. The molecule has 1 rings (SSSR count). The first kappa shape index (κ1) is 15.5. The van der Waals surface area contributed by atoms with Crippen LogP contribution < -0.4 is 0 Å². The maximum absolute atomic E-state index is 11.1. The molecule has 1 aromatic rings. The lowest BCUT2D eigenvalue weighted by atomic mass is 9.94. The molecule has 0 aliphatic carbocycles. The van der Waals surface area contributed by atoms with Gasteiger partial charge in [0.25, 0.3) is 0 Å². The Morgan fingerprint density at radius 3 is 2.74 bits per heavy atom. The third-order valence-electron chi connectivity index (χ3n) is 2.63. The highest BCUT2D eigenvalue weighted by Gasteiger charge is 2.19. The van der Waals surface area contributed by atoms with Gasteiger partial charge in [0.05, 0.1) is 29.7 Å². The molecule has 0 aliphatic rings. The Hall–Kier alpha value is -1.56. The molecule has 19 heavy (non-hydrogen) atoms. The third-order valence-corrected chi connectivity index (χ3v) is 3.70. The molecule has 6 heteroatoms. The van der Waals surface area contributed by atoms with Crippen LogP contribution in [0.15, 0.2) is 16.6 Å². The third kappa shape index (κ3) is 3.70. The van der Waals surface area contributed by atoms with Gasteiger partial charge in [0, 0.05) is 10.9 Å². The zero-order valence-corrected chi connectivity index (χ0v) is 12.5. The van der Waals surface area contributed by atoms with Crippen LogP contribution in [0.25, 0.3) is 0 Å². The minimum Gasteiger partial charge on any atom is -0.469 e. The van der Waals surface area contributed by atoms with Gasteiger partial charge in [-0.1, -0.05) is 17.7 Å². The average Bonchev–Trinajstić information content (AvgIpc) is 2.41. The number of methoxy groups -OCH3 is 1. The Bertz CT molecular complexity index is 575. The summed E-state index contributed by atoms with van der Waals surface area (Å²) in [5.41, 5.74) is 0.838. The fourth-order valence-electron chi connectivity index (χ4n) is 1.59. The monoisotopic (exact) mass is 340 g/mol. The molecule has 1 aromatic carbocycles. The molecule has 0 aromatic heterocycles. The predicted molar refractivity (Wildman–Crippen MR) is 73.5 cm³/mol. The molecule has 0 N–H and O–H groups in total. The van der Waals surface area contributed by atoms with E-state index in [1.165, 1.54) is 7.11 Å². The fourth-order valence-corrected chi connectivity index (χ4v) is 2.47. The summed E-state index contributed by atoms with van der Waals surface area (Å²) in [5.74, 6) is -0.930. The SMILES string of the molecule is COC(=O)CCC(C#N)c1ccc(Br)c(C#N)c1Cl. The van der Waals surface area contributed by atoms with E-state index in [4.69, 9.17) is 22.1 Å². The van der Waals surface area contributed by atoms with E-state index in [0.29, 0.717) is 16.5 Å². The highest BCUT2D eigenvalue weighted by molar-refractivity contribution is 9.10. The summed E-state index contributed by atoms with van der Waals surface area (Å²) in [4.78, 5) is 11.1. The molecule has 4 nitrogen and oxygen atoms in total. The minimum absolute atomic E-state index is 0.128. The van der Waals surface area contributed by atoms with Crippen LogP contribution in [0.4, 0.5) is 0 Å². The van der Waals surface area contributed by atoms with E-state index in [-0.39, 0.29) is 23.0 Å². The molecular formula is C13H10BrClN2O2. The van der Waals surface area contributed by atoms with Crippen molar-refractivity contribution in [2.45, 2.75) is 18.8 Å². The van der Waals surface area contributed by atoms with E-state index in [0.717, 1.165) is 0 Å². The van der Waals surface area contributed by atoms with Crippen LogP contribution in [0.3, 0.4) is 0 Å². The van der Waals surface area contributed by atoms with Gasteiger partial charge in [-0.2, -0.15) is 10.5 Å². The highest BCUT2D eigenvalue weighted by Crippen LogP contribution is 2.34. The standard InChI is InChI=1S/C13H10BrClN2O2/c1-19-12(18)5-2-8(6-16)9-3-4-11(14)10(7-17)13(9)15/h3-4,8H,2,5H2,1H3. The van der Waals surface area contributed by atoms with Crippen molar-refractivity contribution in [2.75, 3.05) is 7.11 Å². The number of hydrogen-bond acceptors (Lipinski definition) is 4.